The molecule has 0 unspecified atom stereocenters. The summed E-state index contributed by atoms with van der Waals surface area (Å²) in [5.41, 5.74) is 0. The van der Waals surface area contributed by atoms with Crippen molar-refractivity contribution in [2.45, 2.75) is 143 Å². The normalized spacial score (nSPS) is 11.6. The molecule has 0 aromatic rings. The van der Waals surface area contributed by atoms with E-state index in [0.717, 1.165) is 0 Å². The van der Waals surface area contributed by atoms with Gasteiger partial charge in [-0.25, -0.2) is 0 Å². The molecule has 0 radical (unpaired) electrons. The molecule has 0 aromatic heterocycles. The minimum absolute atomic E-state index is 0. The molecule has 0 spiro atoms. The van der Waals surface area contributed by atoms with E-state index in [2.05, 4.69) is 27.8 Å². The molecule has 0 saturated heterocycles. The highest BCUT2D eigenvalue weighted by Crippen LogP contribution is 2.15. The first-order valence-electron chi connectivity index (χ1n) is 13.0. The van der Waals surface area contributed by atoms with Crippen molar-refractivity contribution in [1.82, 2.24) is 0 Å². The topological polar surface area (TPSA) is 0 Å². The van der Waals surface area contributed by atoms with Gasteiger partial charge < -0.3 is 16.9 Å². The van der Waals surface area contributed by atoms with E-state index in [0.29, 0.717) is 0 Å². The Morgan fingerprint density at radius 1 is 0.393 bits per heavy atom. The lowest BCUT2D eigenvalue weighted by Crippen LogP contribution is -3.00. The van der Waals surface area contributed by atoms with Crippen LogP contribution < -0.4 is 12.4 Å². The van der Waals surface area contributed by atoms with Crippen LogP contribution in [-0.4, -0.2) is 31.2 Å². The Labute approximate surface area is 186 Å². The maximum atomic E-state index is 2.41. The lowest BCUT2D eigenvalue weighted by molar-refractivity contribution is -0.906. The minimum atomic E-state index is 0. The third-order valence-electron chi connectivity index (χ3n) is 6.83. The van der Waals surface area contributed by atoms with Crippen LogP contribution in [0.15, 0.2) is 0 Å². The molecule has 0 N–H and O–H groups in total. The molecule has 0 atom stereocenters. The van der Waals surface area contributed by atoms with Gasteiger partial charge in [0.15, 0.2) is 0 Å². The monoisotopic (exact) mass is 417 g/mol. The maximum absolute atomic E-state index is 2.41. The first kappa shape index (κ1) is 30.4. The zero-order valence-corrected chi connectivity index (χ0v) is 21.1. The van der Waals surface area contributed by atoms with E-state index < -0.39 is 0 Å². The molecule has 0 fully saturated rings. The first-order valence-corrected chi connectivity index (χ1v) is 13.0. The molecule has 172 valence electrons. The van der Waals surface area contributed by atoms with Gasteiger partial charge in [-0.2, -0.15) is 0 Å². The molecule has 0 aliphatic rings. The van der Waals surface area contributed by atoms with Crippen molar-refractivity contribution in [3.8, 4) is 0 Å². The van der Waals surface area contributed by atoms with Gasteiger partial charge in [0.25, 0.3) is 0 Å². The third-order valence-corrected chi connectivity index (χ3v) is 6.83. The molecule has 0 bridgehead atoms. The second-order valence-corrected chi connectivity index (χ2v) is 9.34. The van der Waals surface area contributed by atoms with Crippen LogP contribution in [0.1, 0.15) is 143 Å². The summed E-state index contributed by atoms with van der Waals surface area (Å²) in [6.07, 6.45) is 27.9. The number of nitrogens with zero attached hydrogens (tertiary/aromatic N) is 1. The third kappa shape index (κ3) is 21.0. The van der Waals surface area contributed by atoms with Crippen LogP contribution in [0.25, 0.3) is 0 Å². The summed E-state index contributed by atoms with van der Waals surface area (Å²) in [5, 5.41) is 0. The van der Waals surface area contributed by atoms with Crippen LogP contribution in [0.4, 0.5) is 0 Å². The molecule has 28 heavy (non-hydrogen) atoms. The molecular formula is C26H56ClN. The van der Waals surface area contributed by atoms with Crippen molar-refractivity contribution < 1.29 is 16.9 Å². The average molecular weight is 418 g/mol. The largest absolute Gasteiger partial charge is 1.00 e. The molecular weight excluding hydrogens is 362 g/mol. The Bertz CT molecular complexity index is 276. The molecule has 0 rings (SSSR count). The Morgan fingerprint density at radius 2 is 0.643 bits per heavy atom. The van der Waals surface area contributed by atoms with Gasteiger partial charge in [0.1, 0.15) is 0 Å². The van der Waals surface area contributed by atoms with Gasteiger partial charge in [0.2, 0.25) is 0 Å². The van der Waals surface area contributed by atoms with Gasteiger partial charge in [0, 0.05) is 0 Å². The number of halogens is 1. The van der Waals surface area contributed by atoms with E-state index in [1.54, 1.807) is 0 Å². The van der Waals surface area contributed by atoms with Gasteiger partial charge in [-0.1, -0.05) is 116 Å². The average Bonchev–Trinajstić information content (AvgIpc) is 2.69. The summed E-state index contributed by atoms with van der Waals surface area (Å²) in [4.78, 5) is 0. The van der Waals surface area contributed by atoms with E-state index in [9.17, 15) is 0 Å². The second kappa shape index (κ2) is 23.5. The van der Waals surface area contributed by atoms with Crippen LogP contribution in [0, 0.1) is 0 Å². The van der Waals surface area contributed by atoms with Crippen molar-refractivity contribution in [2.75, 3.05) is 26.7 Å². The first-order chi connectivity index (χ1) is 13.2. The summed E-state index contributed by atoms with van der Waals surface area (Å²) in [6, 6.07) is 0. The molecule has 0 saturated carbocycles. The lowest BCUT2D eigenvalue weighted by atomic mass is 10.0. The number of unbranched alkanes of at least 4 members (excludes halogenated alkanes) is 18. The zero-order chi connectivity index (χ0) is 20.1. The highest BCUT2D eigenvalue weighted by molar-refractivity contribution is 4.51. The van der Waals surface area contributed by atoms with Crippen LogP contribution in [0.2, 0.25) is 0 Å². The summed E-state index contributed by atoms with van der Waals surface area (Å²) in [7, 11) is 2.41. The van der Waals surface area contributed by atoms with Gasteiger partial charge in [-0.05, 0) is 26.7 Å². The van der Waals surface area contributed by atoms with Gasteiger partial charge in [-0.15, -0.1) is 0 Å². The maximum Gasteiger partial charge on any atom is 0.0784 e. The summed E-state index contributed by atoms with van der Waals surface area (Å²) >= 11 is 0. The molecule has 0 aliphatic carbocycles. The zero-order valence-electron chi connectivity index (χ0n) is 20.4. The highest BCUT2D eigenvalue weighted by atomic mass is 35.5. The van der Waals surface area contributed by atoms with E-state index in [1.807, 2.05) is 0 Å². The summed E-state index contributed by atoms with van der Waals surface area (Å²) < 4.78 is 1.26. The number of rotatable bonds is 22. The second-order valence-electron chi connectivity index (χ2n) is 9.34. The number of hydrogen-bond donors (Lipinski definition) is 0. The Balaban J connectivity index is 0. The van der Waals surface area contributed by atoms with Crippen LogP contribution in [0.3, 0.4) is 0 Å². The molecule has 0 aliphatic heterocycles. The lowest BCUT2D eigenvalue weighted by Gasteiger charge is -2.32. The van der Waals surface area contributed by atoms with Crippen molar-refractivity contribution in [3.63, 3.8) is 0 Å². The van der Waals surface area contributed by atoms with E-state index >= 15 is 0 Å². The van der Waals surface area contributed by atoms with Crippen molar-refractivity contribution >= 4 is 0 Å². The van der Waals surface area contributed by atoms with Crippen molar-refractivity contribution in [3.05, 3.63) is 0 Å². The molecule has 2 heteroatoms. The molecule has 0 heterocycles. The van der Waals surface area contributed by atoms with Crippen molar-refractivity contribution in [2.24, 2.45) is 0 Å². The van der Waals surface area contributed by atoms with E-state index in [1.165, 1.54) is 146 Å². The Kier molecular flexibility index (Phi) is 25.6. The fourth-order valence-electron chi connectivity index (χ4n) is 4.11. The quantitative estimate of drug-likeness (QED) is 0.152. The van der Waals surface area contributed by atoms with Crippen LogP contribution >= 0.6 is 0 Å². The molecule has 1 nitrogen and oxygen atoms in total. The van der Waals surface area contributed by atoms with E-state index in [-0.39, 0.29) is 12.4 Å². The summed E-state index contributed by atoms with van der Waals surface area (Å²) in [6.45, 7) is 10.9. The van der Waals surface area contributed by atoms with Gasteiger partial charge in [0.05, 0.1) is 26.7 Å². The Hall–Kier alpha value is 0.250. The van der Waals surface area contributed by atoms with Crippen LogP contribution in [-0.2, 0) is 0 Å². The Morgan fingerprint density at radius 3 is 0.893 bits per heavy atom. The highest BCUT2D eigenvalue weighted by Gasteiger charge is 2.14. The molecule has 0 aromatic carbocycles. The SMILES string of the molecule is CCCCCCCCCCCCCCCCCCCCC[N+](C)(CC)CC.[Cl-]. The predicted octanol–water partition coefficient (Wildman–Crippen LogP) is 5.91. The number of quaternary nitrogens is 1. The van der Waals surface area contributed by atoms with E-state index in [4.69, 9.17) is 0 Å². The standard InChI is InChI=1S/C26H56N.ClH/c1-5-8-9-10-11-12-13-14-15-16-17-18-19-20-21-22-23-24-25-26-27(4,6-2)7-3;/h5-26H2,1-4H3;1H/q+1;/p-1. The summed E-state index contributed by atoms with van der Waals surface area (Å²) in [5.74, 6) is 0. The molecule has 0 amide bonds. The fourth-order valence-corrected chi connectivity index (χ4v) is 4.11. The van der Waals surface area contributed by atoms with Gasteiger partial charge >= 0.3 is 0 Å². The number of hydrogen-bond acceptors (Lipinski definition) is 0. The fraction of sp³-hybridized carbons (Fsp3) is 1.00. The van der Waals surface area contributed by atoms with Gasteiger partial charge in [-0.3, -0.25) is 0 Å². The van der Waals surface area contributed by atoms with Crippen LogP contribution in [0.5, 0.6) is 0 Å². The predicted molar refractivity (Wildman–Crippen MR) is 126 cm³/mol. The van der Waals surface area contributed by atoms with Crippen molar-refractivity contribution in [1.29, 1.82) is 0 Å². The minimum Gasteiger partial charge on any atom is -1.00 e. The smallest absolute Gasteiger partial charge is 0.0784 e.